The molecule has 12 heteroatoms. The highest BCUT2D eigenvalue weighted by molar-refractivity contribution is 5.91. The van der Waals surface area contributed by atoms with Gasteiger partial charge in [0, 0.05) is 17.7 Å². The molecule has 0 radical (unpaired) electrons. The minimum Gasteiger partial charge on any atom is -0.507 e. The summed E-state index contributed by atoms with van der Waals surface area (Å²) in [5.41, 5.74) is -0.425. The van der Waals surface area contributed by atoms with Gasteiger partial charge in [0.25, 0.3) is 0 Å². The van der Waals surface area contributed by atoms with Crippen LogP contribution in [0.3, 0.4) is 0 Å². The minimum absolute atomic E-state index is 0.0588. The van der Waals surface area contributed by atoms with E-state index in [4.69, 9.17) is 23.4 Å². The summed E-state index contributed by atoms with van der Waals surface area (Å²) in [5, 5.41) is 59.8. The van der Waals surface area contributed by atoms with Crippen molar-refractivity contribution in [3.63, 3.8) is 0 Å². The van der Waals surface area contributed by atoms with Crippen LogP contribution >= 0.6 is 0 Å². The number of aliphatic hydroxyl groups is 4. The monoisotopic (exact) mass is 492 g/mol. The maximum atomic E-state index is 12.8. The Morgan fingerprint density at radius 2 is 1.66 bits per heavy atom. The zero-order chi connectivity index (χ0) is 25.4. The number of hydrogen-bond acceptors (Lipinski definition) is 12. The maximum absolute atomic E-state index is 12.8. The molecule has 188 valence electrons. The van der Waals surface area contributed by atoms with E-state index in [9.17, 15) is 35.4 Å². The van der Waals surface area contributed by atoms with Gasteiger partial charge in [-0.25, -0.2) is 0 Å². The Balaban J connectivity index is 1.82. The molecule has 3 aromatic rings. The summed E-state index contributed by atoms with van der Waals surface area (Å²) >= 11 is 0. The number of rotatable bonds is 6. The zero-order valence-electron chi connectivity index (χ0n) is 18.6. The van der Waals surface area contributed by atoms with E-state index in [0.29, 0.717) is 5.56 Å². The number of hydrogen-bond donors (Lipinski definition) is 6. The highest BCUT2D eigenvalue weighted by atomic mass is 16.7. The van der Waals surface area contributed by atoms with Crippen molar-refractivity contribution >= 4 is 11.0 Å². The Hall–Kier alpha value is -3.55. The normalized spacial score (nSPS) is 24.3. The van der Waals surface area contributed by atoms with E-state index in [1.807, 2.05) is 0 Å². The lowest BCUT2D eigenvalue weighted by atomic mass is 9.99. The second-order valence-corrected chi connectivity index (χ2v) is 7.81. The van der Waals surface area contributed by atoms with E-state index >= 15 is 0 Å². The summed E-state index contributed by atoms with van der Waals surface area (Å²) in [7, 11) is 2.61. The van der Waals surface area contributed by atoms with Crippen molar-refractivity contribution in [3.05, 3.63) is 40.6 Å². The minimum atomic E-state index is -1.72. The molecule has 1 fully saturated rings. The molecule has 0 saturated carbocycles. The molecule has 12 nitrogen and oxygen atoms in total. The molecule has 0 aliphatic carbocycles. The predicted octanol–water partition coefficient (Wildman–Crippen LogP) is 0.0671. The summed E-state index contributed by atoms with van der Waals surface area (Å²) in [4.78, 5) is 12.8. The summed E-state index contributed by atoms with van der Waals surface area (Å²) in [6.07, 6.45) is -7.82. The first-order valence-electron chi connectivity index (χ1n) is 10.4. The average molecular weight is 492 g/mol. The molecule has 0 spiro atoms. The third-order valence-corrected chi connectivity index (χ3v) is 5.66. The topological polar surface area (TPSA) is 189 Å². The van der Waals surface area contributed by atoms with Crippen LogP contribution in [0.2, 0.25) is 0 Å². The van der Waals surface area contributed by atoms with Crippen molar-refractivity contribution in [2.24, 2.45) is 0 Å². The zero-order valence-corrected chi connectivity index (χ0v) is 18.6. The Morgan fingerprint density at radius 3 is 2.31 bits per heavy atom. The van der Waals surface area contributed by atoms with Crippen LogP contribution in [0.25, 0.3) is 22.3 Å². The van der Waals surface area contributed by atoms with Gasteiger partial charge < -0.3 is 54.0 Å². The molecule has 2 unspecified atom stereocenters. The fourth-order valence-corrected chi connectivity index (χ4v) is 3.81. The number of aliphatic hydroxyl groups excluding tert-OH is 4. The van der Waals surface area contributed by atoms with Gasteiger partial charge in [0.15, 0.2) is 28.3 Å². The standard InChI is InChI=1S/C23H24O12/c1-31-14-5-9(3-4-10(14)25)13-6-11(26)17-12(27)7-15(21(32-2)22(17)33-13)34-23-20(30)19(29)18(28)16(8-24)35-23/h3-7,16,18-20,23-25,27-30H,8H2,1-2H3/t16?,18-,19+,20?,23-/m1/s1. The van der Waals surface area contributed by atoms with E-state index in [-0.39, 0.29) is 39.7 Å². The van der Waals surface area contributed by atoms with Crippen LogP contribution in [0.4, 0.5) is 0 Å². The lowest BCUT2D eigenvalue weighted by Gasteiger charge is -2.39. The van der Waals surface area contributed by atoms with E-state index in [1.54, 1.807) is 0 Å². The Bertz CT molecular complexity index is 1280. The first kappa shape index (κ1) is 24.6. The van der Waals surface area contributed by atoms with Crippen molar-refractivity contribution in [2.45, 2.75) is 30.7 Å². The van der Waals surface area contributed by atoms with Gasteiger partial charge in [0.2, 0.25) is 12.0 Å². The quantitative estimate of drug-likeness (QED) is 0.272. The number of benzene rings is 2. The lowest BCUT2D eigenvalue weighted by Crippen LogP contribution is -2.60. The van der Waals surface area contributed by atoms with Crippen molar-refractivity contribution in [1.29, 1.82) is 0 Å². The average Bonchev–Trinajstić information content (AvgIpc) is 2.84. The molecule has 1 saturated heterocycles. The summed E-state index contributed by atoms with van der Waals surface area (Å²) in [5.74, 6) is -0.804. The second kappa shape index (κ2) is 9.60. The fraction of sp³-hybridized carbons (Fsp3) is 0.348. The van der Waals surface area contributed by atoms with Crippen LogP contribution in [0, 0.1) is 0 Å². The largest absolute Gasteiger partial charge is 0.507 e. The van der Waals surface area contributed by atoms with Gasteiger partial charge in [-0.1, -0.05) is 0 Å². The number of phenolic OH excluding ortho intramolecular Hbond substituents is 2. The van der Waals surface area contributed by atoms with Gasteiger partial charge in [-0.15, -0.1) is 0 Å². The molecule has 0 bridgehead atoms. The van der Waals surface area contributed by atoms with Gasteiger partial charge >= 0.3 is 0 Å². The van der Waals surface area contributed by atoms with Crippen LogP contribution in [-0.2, 0) is 4.74 Å². The molecule has 0 amide bonds. The second-order valence-electron chi connectivity index (χ2n) is 7.81. The first-order valence-corrected chi connectivity index (χ1v) is 10.4. The predicted molar refractivity (Wildman–Crippen MR) is 119 cm³/mol. The molecule has 6 N–H and O–H groups in total. The maximum Gasteiger partial charge on any atom is 0.229 e. The van der Waals surface area contributed by atoms with E-state index < -0.39 is 48.5 Å². The smallest absolute Gasteiger partial charge is 0.229 e. The molecular formula is C23H24O12. The molecule has 1 aliphatic heterocycles. The molecular weight excluding hydrogens is 468 g/mol. The number of fused-ring (bicyclic) bond motifs is 1. The van der Waals surface area contributed by atoms with E-state index in [1.165, 1.54) is 32.4 Å². The molecule has 4 rings (SSSR count). The van der Waals surface area contributed by atoms with Crippen LogP contribution in [0.1, 0.15) is 0 Å². The Labute approximate surface area is 197 Å². The van der Waals surface area contributed by atoms with Crippen LogP contribution < -0.4 is 19.6 Å². The molecule has 2 heterocycles. The first-order chi connectivity index (χ1) is 16.7. The van der Waals surface area contributed by atoms with E-state index in [0.717, 1.165) is 12.1 Å². The van der Waals surface area contributed by atoms with Gasteiger partial charge in [-0.3, -0.25) is 4.79 Å². The van der Waals surface area contributed by atoms with Gasteiger partial charge in [-0.2, -0.15) is 0 Å². The van der Waals surface area contributed by atoms with E-state index in [2.05, 4.69) is 0 Å². The summed E-state index contributed by atoms with van der Waals surface area (Å²) in [6, 6.07) is 6.47. The molecule has 1 aromatic heterocycles. The lowest BCUT2D eigenvalue weighted by molar-refractivity contribution is -0.277. The van der Waals surface area contributed by atoms with Gasteiger partial charge in [0.05, 0.1) is 20.8 Å². The highest BCUT2D eigenvalue weighted by Crippen LogP contribution is 2.42. The van der Waals surface area contributed by atoms with Crippen LogP contribution in [0.5, 0.6) is 28.7 Å². The Morgan fingerprint density at radius 1 is 0.914 bits per heavy atom. The van der Waals surface area contributed by atoms with Crippen LogP contribution in [0.15, 0.2) is 39.5 Å². The number of aromatic hydroxyl groups is 2. The van der Waals surface area contributed by atoms with Crippen molar-refractivity contribution < 1.29 is 54.0 Å². The third kappa shape index (κ3) is 4.33. The SMILES string of the molecule is COc1cc(-c2cc(=O)c3c(O)cc(O[C@@H]4OC(CO)[C@@H](O)[C@H](O)C4O)c(OC)c3o2)ccc1O. The van der Waals surface area contributed by atoms with Crippen molar-refractivity contribution in [2.75, 3.05) is 20.8 Å². The summed E-state index contributed by atoms with van der Waals surface area (Å²) < 4.78 is 27.3. The van der Waals surface area contributed by atoms with Crippen molar-refractivity contribution in [1.82, 2.24) is 0 Å². The van der Waals surface area contributed by atoms with Crippen LogP contribution in [-0.4, -0.2) is 82.2 Å². The number of methoxy groups -OCH3 is 2. The Kier molecular flexibility index (Phi) is 6.74. The molecule has 5 atom stereocenters. The third-order valence-electron chi connectivity index (χ3n) is 5.66. The van der Waals surface area contributed by atoms with Gasteiger partial charge in [0.1, 0.15) is 41.3 Å². The fourth-order valence-electron chi connectivity index (χ4n) is 3.81. The van der Waals surface area contributed by atoms with Crippen molar-refractivity contribution in [3.8, 4) is 40.1 Å². The number of phenols is 2. The molecule has 35 heavy (non-hydrogen) atoms. The van der Waals surface area contributed by atoms with Gasteiger partial charge in [-0.05, 0) is 18.2 Å². The number of ether oxygens (including phenoxy) is 4. The molecule has 2 aromatic carbocycles. The molecule has 1 aliphatic rings. The highest BCUT2D eigenvalue weighted by Gasteiger charge is 2.45. The summed E-state index contributed by atoms with van der Waals surface area (Å²) in [6.45, 7) is -0.667.